The zero-order chi connectivity index (χ0) is 16.1. The molecule has 0 amide bonds. The summed E-state index contributed by atoms with van der Waals surface area (Å²) in [5, 5.41) is 8.44. The molecule has 2 heterocycles. The number of hydrogen-bond donors (Lipinski definition) is 0. The zero-order valence-corrected chi connectivity index (χ0v) is 14.2. The lowest BCUT2D eigenvalue weighted by molar-refractivity contribution is 0.318. The Kier molecular flexibility index (Phi) is 5.22. The Bertz CT molecular complexity index is 731. The number of aromatic nitrogens is 2. The summed E-state index contributed by atoms with van der Waals surface area (Å²) in [6.07, 6.45) is 1.43. The maximum Gasteiger partial charge on any atom is 0.276 e. The molecule has 0 bridgehead atoms. The number of sulfone groups is 1. The van der Waals surface area contributed by atoms with Crippen molar-refractivity contribution in [1.82, 2.24) is 10.2 Å². The van der Waals surface area contributed by atoms with Crippen molar-refractivity contribution in [1.29, 1.82) is 0 Å². The third-order valence-corrected chi connectivity index (χ3v) is 6.20. The average molecular weight is 354 g/mol. The van der Waals surface area contributed by atoms with Gasteiger partial charge in [0, 0.05) is 5.75 Å². The number of nitrogens with zero attached hydrogens (tertiary/aromatic N) is 2. The lowest BCUT2D eigenvalue weighted by atomic mass is 10.1. The van der Waals surface area contributed by atoms with Crippen LogP contribution in [-0.2, 0) is 9.84 Å². The minimum absolute atomic E-state index is 0.115. The largest absolute Gasteiger partial charge is 0.494 e. The Morgan fingerprint density at radius 2 is 2.09 bits per heavy atom. The number of hydrogen-bond acceptors (Lipinski definition) is 7. The van der Waals surface area contributed by atoms with Crippen LogP contribution in [0.4, 0.5) is 0 Å². The van der Waals surface area contributed by atoms with Gasteiger partial charge in [-0.25, -0.2) is 8.42 Å². The van der Waals surface area contributed by atoms with Crippen molar-refractivity contribution in [3.8, 4) is 5.75 Å². The molecular formula is C15H18N2O4S2. The standard InChI is InChI=1S/C15H18N2O4S2/c18-23(19)10-7-12(11-23)14-16-17-15(21-14)22-9-4-8-20-13-5-2-1-3-6-13/h1-3,5-6,12H,4,7-11H2/t12-/m1/s1. The molecule has 2 aromatic rings. The SMILES string of the molecule is O=S1(=O)CC[C@@H](c2nnc(SCCCOc3ccccc3)o2)C1. The van der Waals surface area contributed by atoms with E-state index < -0.39 is 9.84 Å². The van der Waals surface area contributed by atoms with E-state index in [9.17, 15) is 8.42 Å². The molecule has 0 radical (unpaired) electrons. The first-order chi connectivity index (χ1) is 11.1. The summed E-state index contributed by atoms with van der Waals surface area (Å²) in [6.45, 7) is 0.624. The van der Waals surface area contributed by atoms with Gasteiger partial charge in [-0.15, -0.1) is 10.2 Å². The smallest absolute Gasteiger partial charge is 0.276 e. The van der Waals surface area contributed by atoms with Crippen molar-refractivity contribution in [2.45, 2.75) is 24.0 Å². The monoisotopic (exact) mass is 354 g/mol. The number of thioether (sulfide) groups is 1. The van der Waals surface area contributed by atoms with Crippen molar-refractivity contribution < 1.29 is 17.6 Å². The Hall–Kier alpha value is -1.54. The van der Waals surface area contributed by atoms with Crippen LogP contribution in [0.15, 0.2) is 40.0 Å². The predicted octanol–water partition coefficient (Wildman–Crippen LogP) is 2.53. The minimum Gasteiger partial charge on any atom is -0.494 e. The van der Waals surface area contributed by atoms with Gasteiger partial charge in [0.25, 0.3) is 5.22 Å². The van der Waals surface area contributed by atoms with E-state index in [0.717, 1.165) is 17.9 Å². The fraction of sp³-hybridized carbons (Fsp3) is 0.467. The second-order valence-electron chi connectivity index (χ2n) is 5.37. The quantitative estimate of drug-likeness (QED) is 0.558. The molecule has 23 heavy (non-hydrogen) atoms. The first-order valence-electron chi connectivity index (χ1n) is 7.47. The Labute approximate surface area is 139 Å². The van der Waals surface area contributed by atoms with E-state index in [2.05, 4.69) is 10.2 Å². The zero-order valence-electron chi connectivity index (χ0n) is 12.6. The fourth-order valence-electron chi connectivity index (χ4n) is 2.36. The molecule has 124 valence electrons. The fourth-order valence-corrected chi connectivity index (χ4v) is 4.77. The van der Waals surface area contributed by atoms with Crippen LogP contribution in [0.25, 0.3) is 0 Å². The van der Waals surface area contributed by atoms with E-state index in [1.165, 1.54) is 11.8 Å². The molecule has 1 atom stereocenters. The van der Waals surface area contributed by atoms with Crippen molar-refractivity contribution in [2.75, 3.05) is 23.9 Å². The van der Waals surface area contributed by atoms with Crippen LogP contribution in [-0.4, -0.2) is 42.5 Å². The molecule has 1 aliphatic rings. The van der Waals surface area contributed by atoms with Gasteiger partial charge >= 0.3 is 0 Å². The van der Waals surface area contributed by atoms with Gasteiger partial charge in [0.15, 0.2) is 9.84 Å². The van der Waals surface area contributed by atoms with E-state index in [-0.39, 0.29) is 17.4 Å². The molecule has 0 aliphatic carbocycles. The summed E-state index contributed by atoms with van der Waals surface area (Å²) < 4.78 is 34.1. The summed E-state index contributed by atoms with van der Waals surface area (Å²) in [5.41, 5.74) is 0. The maximum atomic E-state index is 11.5. The van der Waals surface area contributed by atoms with Crippen molar-refractivity contribution in [3.05, 3.63) is 36.2 Å². The number of para-hydroxylation sites is 1. The molecule has 3 rings (SSSR count). The molecule has 0 saturated carbocycles. The Morgan fingerprint density at radius 1 is 1.26 bits per heavy atom. The van der Waals surface area contributed by atoms with Gasteiger partial charge in [-0.3, -0.25) is 0 Å². The molecule has 1 saturated heterocycles. The van der Waals surface area contributed by atoms with Gasteiger partial charge in [0.2, 0.25) is 5.89 Å². The highest BCUT2D eigenvalue weighted by atomic mass is 32.2. The molecule has 0 unspecified atom stereocenters. The van der Waals surface area contributed by atoms with E-state index in [1.54, 1.807) is 0 Å². The second kappa shape index (κ2) is 7.35. The van der Waals surface area contributed by atoms with Gasteiger partial charge in [-0.2, -0.15) is 0 Å². The van der Waals surface area contributed by atoms with Gasteiger partial charge in [-0.1, -0.05) is 30.0 Å². The Morgan fingerprint density at radius 3 is 2.83 bits per heavy atom. The number of benzene rings is 1. The lowest BCUT2D eigenvalue weighted by Crippen LogP contribution is -2.03. The van der Waals surface area contributed by atoms with Crippen LogP contribution < -0.4 is 4.74 Å². The van der Waals surface area contributed by atoms with Gasteiger partial charge in [0.05, 0.1) is 24.0 Å². The van der Waals surface area contributed by atoms with Gasteiger partial charge in [0.1, 0.15) is 5.75 Å². The van der Waals surface area contributed by atoms with Crippen LogP contribution in [0, 0.1) is 0 Å². The van der Waals surface area contributed by atoms with Crippen LogP contribution in [0.2, 0.25) is 0 Å². The van der Waals surface area contributed by atoms with Gasteiger partial charge in [-0.05, 0) is 25.0 Å². The first-order valence-corrected chi connectivity index (χ1v) is 10.3. The molecule has 1 fully saturated rings. The molecule has 1 aliphatic heterocycles. The predicted molar refractivity (Wildman–Crippen MR) is 87.6 cm³/mol. The highest BCUT2D eigenvalue weighted by Crippen LogP contribution is 2.29. The van der Waals surface area contributed by atoms with Crippen molar-refractivity contribution >= 4 is 21.6 Å². The summed E-state index contributed by atoms with van der Waals surface area (Å²) >= 11 is 1.47. The highest BCUT2D eigenvalue weighted by Gasteiger charge is 2.32. The van der Waals surface area contributed by atoms with Crippen molar-refractivity contribution in [2.24, 2.45) is 0 Å². The van der Waals surface area contributed by atoms with Gasteiger partial charge < -0.3 is 9.15 Å². The maximum absolute atomic E-state index is 11.5. The molecule has 0 N–H and O–H groups in total. The third-order valence-electron chi connectivity index (χ3n) is 3.53. The number of ether oxygens (including phenoxy) is 1. The van der Waals surface area contributed by atoms with E-state index in [4.69, 9.17) is 9.15 Å². The van der Waals surface area contributed by atoms with E-state index >= 15 is 0 Å². The average Bonchev–Trinajstić information content (AvgIpc) is 3.14. The lowest BCUT2D eigenvalue weighted by Gasteiger charge is -2.04. The van der Waals surface area contributed by atoms with Crippen LogP contribution >= 0.6 is 11.8 Å². The molecule has 1 aromatic carbocycles. The normalized spacial score (nSPS) is 19.7. The summed E-state index contributed by atoms with van der Waals surface area (Å²) in [5.74, 6) is 2.28. The topological polar surface area (TPSA) is 82.3 Å². The summed E-state index contributed by atoms with van der Waals surface area (Å²) in [7, 11) is -2.94. The first kappa shape index (κ1) is 16.3. The van der Waals surface area contributed by atoms with Crippen molar-refractivity contribution in [3.63, 3.8) is 0 Å². The number of rotatable bonds is 7. The minimum atomic E-state index is -2.94. The second-order valence-corrected chi connectivity index (χ2v) is 8.64. The molecule has 8 heteroatoms. The molecule has 0 spiro atoms. The highest BCUT2D eigenvalue weighted by molar-refractivity contribution is 7.99. The molecule has 1 aromatic heterocycles. The third kappa shape index (κ3) is 4.71. The van der Waals surface area contributed by atoms with Crippen LogP contribution in [0.3, 0.4) is 0 Å². The van der Waals surface area contributed by atoms with Crippen LogP contribution in [0.5, 0.6) is 5.75 Å². The summed E-state index contributed by atoms with van der Waals surface area (Å²) in [6, 6.07) is 9.67. The Balaban J connectivity index is 1.40. The summed E-state index contributed by atoms with van der Waals surface area (Å²) in [4.78, 5) is 0. The molecule has 6 nitrogen and oxygen atoms in total. The van der Waals surface area contributed by atoms with Crippen LogP contribution in [0.1, 0.15) is 24.7 Å². The molecular weight excluding hydrogens is 336 g/mol. The van der Waals surface area contributed by atoms with E-state index in [0.29, 0.717) is 24.1 Å². The van der Waals surface area contributed by atoms with E-state index in [1.807, 2.05) is 30.3 Å².